The van der Waals surface area contributed by atoms with Crippen LogP contribution in [0.15, 0.2) is 41.3 Å². The molecule has 1 N–H and O–H groups in total. The van der Waals surface area contributed by atoms with Crippen LogP contribution in [-0.2, 0) is 23.0 Å². The Kier molecular flexibility index (Phi) is 4.52. The van der Waals surface area contributed by atoms with Crippen molar-refractivity contribution < 1.29 is 22.6 Å². The Morgan fingerprint density at radius 2 is 1.74 bits per heavy atom. The third-order valence-electron chi connectivity index (χ3n) is 4.80. The van der Waals surface area contributed by atoms with Crippen molar-refractivity contribution in [3.8, 4) is 17.2 Å². The van der Waals surface area contributed by atoms with Crippen molar-refractivity contribution in [2.45, 2.75) is 43.7 Å². The Labute approximate surface area is 159 Å². The smallest absolute Gasteiger partial charge is 0.240 e. The van der Waals surface area contributed by atoms with Gasteiger partial charge in [-0.15, -0.1) is 0 Å². The fraction of sp³-hybridized carbons (Fsp3) is 0.400. The summed E-state index contributed by atoms with van der Waals surface area (Å²) >= 11 is 0. The van der Waals surface area contributed by atoms with Gasteiger partial charge in [0.05, 0.1) is 4.90 Å². The summed E-state index contributed by atoms with van der Waals surface area (Å²) in [4.78, 5) is 0.252. The van der Waals surface area contributed by atoms with Crippen LogP contribution in [0.5, 0.6) is 17.2 Å². The number of sulfonamides is 1. The zero-order valence-corrected chi connectivity index (χ0v) is 16.3. The SMILES string of the molecule is CC1(C)CCc2cc(S(=O)(=O)NCc3ccc4c(c3)OCCO4)ccc2O1. The largest absolute Gasteiger partial charge is 0.488 e. The number of rotatable bonds is 4. The average molecular weight is 389 g/mol. The van der Waals surface area contributed by atoms with E-state index in [4.69, 9.17) is 14.2 Å². The number of benzene rings is 2. The zero-order valence-electron chi connectivity index (χ0n) is 15.4. The number of ether oxygens (including phenoxy) is 3. The second kappa shape index (κ2) is 6.73. The van der Waals surface area contributed by atoms with Crippen LogP contribution in [0, 0.1) is 0 Å². The van der Waals surface area contributed by atoms with Crippen LogP contribution in [0.2, 0.25) is 0 Å². The van der Waals surface area contributed by atoms with Gasteiger partial charge < -0.3 is 14.2 Å². The molecule has 2 heterocycles. The summed E-state index contributed by atoms with van der Waals surface area (Å²) in [5, 5.41) is 0. The van der Waals surface area contributed by atoms with E-state index in [0.29, 0.717) is 24.7 Å². The van der Waals surface area contributed by atoms with Crippen molar-refractivity contribution in [3.05, 3.63) is 47.5 Å². The standard InChI is InChI=1S/C20H23NO5S/c1-20(2)8-7-15-12-16(4-6-17(15)26-20)27(22,23)21-13-14-3-5-18-19(11-14)25-10-9-24-18/h3-6,11-12,21H,7-10,13H2,1-2H3. The van der Waals surface area contributed by atoms with Gasteiger partial charge in [0.1, 0.15) is 24.6 Å². The molecule has 0 aliphatic carbocycles. The molecule has 0 bridgehead atoms. The Morgan fingerprint density at radius 3 is 2.56 bits per heavy atom. The summed E-state index contributed by atoms with van der Waals surface area (Å²) in [6, 6.07) is 10.5. The fourth-order valence-corrected chi connectivity index (χ4v) is 4.33. The molecule has 2 aliphatic heterocycles. The second-order valence-corrected chi connectivity index (χ2v) is 9.20. The zero-order chi connectivity index (χ0) is 19.1. The molecule has 6 nitrogen and oxygen atoms in total. The Balaban J connectivity index is 1.49. The van der Waals surface area contributed by atoms with E-state index in [1.807, 2.05) is 19.9 Å². The highest BCUT2D eigenvalue weighted by molar-refractivity contribution is 7.89. The normalized spacial score (nSPS) is 17.7. The third kappa shape index (κ3) is 3.89. The van der Waals surface area contributed by atoms with Crippen molar-refractivity contribution in [1.82, 2.24) is 4.72 Å². The molecule has 27 heavy (non-hydrogen) atoms. The minimum atomic E-state index is -3.62. The average Bonchev–Trinajstić information content (AvgIpc) is 2.65. The lowest BCUT2D eigenvalue weighted by atomic mass is 9.94. The highest BCUT2D eigenvalue weighted by Crippen LogP contribution is 2.34. The first-order valence-electron chi connectivity index (χ1n) is 9.03. The van der Waals surface area contributed by atoms with Gasteiger partial charge in [-0.2, -0.15) is 0 Å². The van der Waals surface area contributed by atoms with Crippen molar-refractivity contribution >= 4 is 10.0 Å². The van der Waals surface area contributed by atoms with Gasteiger partial charge in [-0.05, 0) is 68.1 Å². The molecule has 0 amide bonds. The predicted octanol–water partition coefficient (Wildman–Crippen LogP) is 3.04. The fourth-order valence-electron chi connectivity index (χ4n) is 3.26. The molecule has 0 unspecified atom stereocenters. The first-order chi connectivity index (χ1) is 12.8. The predicted molar refractivity (Wildman–Crippen MR) is 101 cm³/mol. The van der Waals surface area contributed by atoms with Gasteiger partial charge in [-0.25, -0.2) is 13.1 Å². The lowest BCUT2D eigenvalue weighted by molar-refractivity contribution is 0.0845. The monoisotopic (exact) mass is 389 g/mol. The minimum Gasteiger partial charge on any atom is -0.488 e. The molecule has 7 heteroatoms. The molecule has 0 aromatic heterocycles. The molecule has 4 rings (SSSR count). The molecule has 0 saturated heterocycles. The summed E-state index contributed by atoms with van der Waals surface area (Å²) in [6.45, 7) is 5.28. The maximum Gasteiger partial charge on any atom is 0.240 e. The lowest BCUT2D eigenvalue weighted by Gasteiger charge is -2.32. The van der Waals surface area contributed by atoms with Crippen molar-refractivity contribution in [1.29, 1.82) is 0 Å². The van der Waals surface area contributed by atoms with E-state index in [2.05, 4.69) is 4.72 Å². The molecular formula is C20H23NO5S. The maximum atomic E-state index is 12.7. The van der Waals surface area contributed by atoms with Gasteiger partial charge in [0, 0.05) is 6.54 Å². The molecule has 2 aromatic carbocycles. The van der Waals surface area contributed by atoms with Crippen LogP contribution in [-0.4, -0.2) is 27.2 Å². The molecular weight excluding hydrogens is 366 g/mol. The molecule has 0 saturated carbocycles. The van der Waals surface area contributed by atoms with Crippen molar-refractivity contribution in [3.63, 3.8) is 0 Å². The summed E-state index contributed by atoms with van der Waals surface area (Å²) in [6.07, 6.45) is 1.65. The Morgan fingerprint density at radius 1 is 1.00 bits per heavy atom. The number of fused-ring (bicyclic) bond motifs is 2. The summed E-state index contributed by atoms with van der Waals surface area (Å²) in [5.74, 6) is 2.09. The topological polar surface area (TPSA) is 73.9 Å². The van der Waals surface area contributed by atoms with Crippen LogP contribution in [0.1, 0.15) is 31.4 Å². The highest BCUT2D eigenvalue weighted by Gasteiger charge is 2.27. The lowest BCUT2D eigenvalue weighted by Crippen LogP contribution is -2.32. The first kappa shape index (κ1) is 18.1. The van der Waals surface area contributed by atoms with Gasteiger partial charge in [-0.1, -0.05) is 6.07 Å². The number of hydrogen-bond donors (Lipinski definition) is 1. The number of aryl methyl sites for hydroxylation is 1. The van der Waals surface area contributed by atoms with Crippen molar-refractivity contribution in [2.75, 3.05) is 13.2 Å². The number of hydrogen-bond acceptors (Lipinski definition) is 5. The van der Waals surface area contributed by atoms with Crippen LogP contribution >= 0.6 is 0 Å². The van der Waals surface area contributed by atoms with Gasteiger partial charge in [-0.3, -0.25) is 0 Å². The van der Waals surface area contributed by atoms with Crippen molar-refractivity contribution in [2.24, 2.45) is 0 Å². The summed E-state index contributed by atoms with van der Waals surface area (Å²) in [5.41, 5.74) is 1.52. The minimum absolute atomic E-state index is 0.180. The van der Waals surface area contributed by atoms with E-state index in [0.717, 1.165) is 29.7 Å². The van der Waals surface area contributed by atoms with Crippen LogP contribution in [0.3, 0.4) is 0 Å². The first-order valence-corrected chi connectivity index (χ1v) is 10.5. The molecule has 0 atom stereocenters. The quantitative estimate of drug-likeness (QED) is 0.870. The molecule has 2 aromatic rings. The third-order valence-corrected chi connectivity index (χ3v) is 6.20. The molecule has 0 radical (unpaired) electrons. The summed E-state index contributed by atoms with van der Waals surface area (Å²) in [7, 11) is -3.62. The van der Waals surface area contributed by atoms with Gasteiger partial charge >= 0.3 is 0 Å². The van der Waals surface area contributed by atoms with E-state index in [-0.39, 0.29) is 17.0 Å². The van der Waals surface area contributed by atoms with Gasteiger partial charge in [0.15, 0.2) is 11.5 Å². The van der Waals surface area contributed by atoms with Gasteiger partial charge in [0.2, 0.25) is 10.0 Å². The van der Waals surface area contributed by atoms with E-state index in [1.165, 1.54) is 0 Å². The Hall–Kier alpha value is -2.25. The van der Waals surface area contributed by atoms with Gasteiger partial charge in [0.25, 0.3) is 0 Å². The van der Waals surface area contributed by atoms with Crippen LogP contribution < -0.4 is 18.9 Å². The highest BCUT2D eigenvalue weighted by atomic mass is 32.2. The number of nitrogens with one attached hydrogen (secondary N) is 1. The van der Waals surface area contributed by atoms with Crippen LogP contribution in [0.4, 0.5) is 0 Å². The second-order valence-electron chi connectivity index (χ2n) is 7.43. The summed E-state index contributed by atoms with van der Waals surface area (Å²) < 4.78 is 45.0. The van der Waals surface area contributed by atoms with E-state index in [1.54, 1.807) is 30.3 Å². The van der Waals surface area contributed by atoms with E-state index >= 15 is 0 Å². The molecule has 2 aliphatic rings. The van der Waals surface area contributed by atoms with E-state index < -0.39 is 10.0 Å². The van der Waals surface area contributed by atoms with E-state index in [9.17, 15) is 8.42 Å². The van der Waals surface area contributed by atoms with Crippen LogP contribution in [0.25, 0.3) is 0 Å². The molecule has 144 valence electrons. The maximum absolute atomic E-state index is 12.7. The molecule has 0 fully saturated rings. The Bertz CT molecular complexity index is 968. The molecule has 0 spiro atoms.